The lowest BCUT2D eigenvalue weighted by Crippen LogP contribution is -2.38. The molecule has 1 heterocycles. The van der Waals surface area contributed by atoms with Gasteiger partial charge in [0.05, 0.1) is 6.04 Å². The minimum Gasteiger partial charge on any atom is -0.307 e. The third-order valence-electron chi connectivity index (χ3n) is 2.41. The van der Waals surface area contributed by atoms with Crippen molar-refractivity contribution in [3.8, 4) is 0 Å². The summed E-state index contributed by atoms with van der Waals surface area (Å²) in [5.74, 6) is 1.01. The van der Waals surface area contributed by atoms with E-state index in [1.807, 2.05) is 20.8 Å². The van der Waals surface area contributed by atoms with Gasteiger partial charge in [0.15, 0.2) is 5.78 Å². The highest BCUT2D eigenvalue weighted by atomic mass is 16.1. The molecule has 0 amide bonds. The van der Waals surface area contributed by atoms with Crippen LogP contribution in [0.25, 0.3) is 0 Å². The first kappa shape index (κ1) is 9.72. The van der Waals surface area contributed by atoms with Gasteiger partial charge in [-0.1, -0.05) is 27.7 Å². The molecule has 1 rings (SSSR count). The predicted molar refractivity (Wildman–Crippen MR) is 50.0 cm³/mol. The van der Waals surface area contributed by atoms with Gasteiger partial charge in [0.25, 0.3) is 0 Å². The zero-order chi connectivity index (χ0) is 9.35. The van der Waals surface area contributed by atoms with E-state index < -0.39 is 0 Å². The standard InChI is InChI=1S/C10H19NO/c1-7-5-8(11-6-7)9(12)10(2,3)4/h7-8,11H,5-6H2,1-4H3/t7-,8+/m1/s1. The van der Waals surface area contributed by atoms with E-state index in [2.05, 4.69) is 12.2 Å². The summed E-state index contributed by atoms with van der Waals surface area (Å²) in [6.45, 7) is 9.13. The fourth-order valence-corrected chi connectivity index (χ4v) is 1.63. The van der Waals surface area contributed by atoms with Crippen LogP contribution in [0.2, 0.25) is 0 Å². The first-order chi connectivity index (χ1) is 5.41. The molecular weight excluding hydrogens is 150 g/mol. The van der Waals surface area contributed by atoms with Gasteiger partial charge in [0, 0.05) is 5.41 Å². The summed E-state index contributed by atoms with van der Waals surface area (Å²) in [5, 5.41) is 3.26. The van der Waals surface area contributed by atoms with Crippen LogP contribution in [0.4, 0.5) is 0 Å². The number of nitrogens with one attached hydrogen (secondary N) is 1. The largest absolute Gasteiger partial charge is 0.307 e. The van der Waals surface area contributed by atoms with Gasteiger partial charge in [-0.2, -0.15) is 0 Å². The second kappa shape index (κ2) is 3.17. The van der Waals surface area contributed by atoms with Crippen LogP contribution in [0.1, 0.15) is 34.1 Å². The van der Waals surface area contributed by atoms with E-state index in [0.717, 1.165) is 13.0 Å². The number of hydrogen-bond acceptors (Lipinski definition) is 2. The molecule has 0 spiro atoms. The van der Waals surface area contributed by atoms with E-state index in [1.54, 1.807) is 0 Å². The van der Waals surface area contributed by atoms with E-state index in [1.165, 1.54) is 0 Å². The average Bonchev–Trinajstić information content (AvgIpc) is 2.32. The Hall–Kier alpha value is -0.370. The van der Waals surface area contributed by atoms with Crippen LogP contribution in [0.15, 0.2) is 0 Å². The second-order valence-corrected chi connectivity index (χ2v) is 4.92. The lowest BCUT2D eigenvalue weighted by atomic mass is 9.85. The van der Waals surface area contributed by atoms with Crippen molar-refractivity contribution in [3.05, 3.63) is 0 Å². The summed E-state index contributed by atoms with van der Waals surface area (Å²) in [6.07, 6.45) is 1.01. The molecule has 2 atom stereocenters. The van der Waals surface area contributed by atoms with Crippen LogP contribution in [0.5, 0.6) is 0 Å². The lowest BCUT2D eigenvalue weighted by Gasteiger charge is -2.21. The Balaban J connectivity index is 2.55. The highest BCUT2D eigenvalue weighted by molar-refractivity contribution is 5.88. The maximum Gasteiger partial charge on any atom is 0.155 e. The molecule has 1 aliphatic heterocycles. The summed E-state index contributed by atoms with van der Waals surface area (Å²) >= 11 is 0. The average molecular weight is 169 g/mol. The minimum absolute atomic E-state index is 0.111. The molecule has 2 nitrogen and oxygen atoms in total. The molecule has 0 aromatic carbocycles. The van der Waals surface area contributed by atoms with Gasteiger partial charge in [0.2, 0.25) is 0 Å². The Bertz CT molecular complexity index is 181. The zero-order valence-electron chi connectivity index (χ0n) is 8.48. The summed E-state index contributed by atoms with van der Waals surface area (Å²) in [6, 6.07) is 0.111. The lowest BCUT2D eigenvalue weighted by molar-refractivity contribution is -0.128. The van der Waals surface area contributed by atoms with Crippen LogP contribution in [0, 0.1) is 11.3 Å². The number of hydrogen-bond donors (Lipinski definition) is 1. The first-order valence-electron chi connectivity index (χ1n) is 4.69. The van der Waals surface area contributed by atoms with Crippen molar-refractivity contribution in [1.29, 1.82) is 0 Å². The normalized spacial score (nSPS) is 30.7. The summed E-state index contributed by atoms with van der Waals surface area (Å²) < 4.78 is 0. The van der Waals surface area contributed by atoms with Crippen LogP contribution in [-0.2, 0) is 4.79 Å². The molecular formula is C10H19NO. The molecule has 12 heavy (non-hydrogen) atoms. The van der Waals surface area contributed by atoms with Gasteiger partial charge in [-0.05, 0) is 18.9 Å². The Morgan fingerprint density at radius 2 is 2.00 bits per heavy atom. The molecule has 70 valence electrons. The molecule has 1 saturated heterocycles. The Kier molecular flexibility index (Phi) is 2.57. The molecule has 1 N–H and O–H groups in total. The fraction of sp³-hybridized carbons (Fsp3) is 0.900. The molecule has 1 fully saturated rings. The van der Waals surface area contributed by atoms with Crippen molar-refractivity contribution in [2.75, 3.05) is 6.54 Å². The Morgan fingerprint density at radius 1 is 1.42 bits per heavy atom. The van der Waals surface area contributed by atoms with Crippen LogP contribution >= 0.6 is 0 Å². The molecule has 0 aromatic rings. The molecule has 0 aromatic heterocycles. The highest BCUT2D eigenvalue weighted by Crippen LogP contribution is 2.23. The maximum atomic E-state index is 11.7. The third kappa shape index (κ3) is 2.07. The van der Waals surface area contributed by atoms with Gasteiger partial charge in [-0.3, -0.25) is 4.79 Å². The number of carbonyl (C=O) groups is 1. The molecule has 1 aliphatic rings. The second-order valence-electron chi connectivity index (χ2n) is 4.92. The monoisotopic (exact) mass is 169 g/mol. The SMILES string of the molecule is C[C@H]1CN[C@H](C(=O)C(C)(C)C)C1. The molecule has 2 heteroatoms. The molecule has 0 bridgehead atoms. The van der Waals surface area contributed by atoms with Crippen LogP contribution < -0.4 is 5.32 Å². The summed E-state index contributed by atoms with van der Waals surface area (Å²) in [7, 11) is 0. The highest BCUT2D eigenvalue weighted by Gasteiger charge is 2.33. The number of carbonyl (C=O) groups excluding carboxylic acids is 1. The number of ketones is 1. The third-order valence-corrected chi connectivity index (χ3v) is 2.41. The Labute approximate surface area is 74.7 Å². The van der Waals surface area contributed by atoms with Gasteiger partial charge in [0.1, 0.15) is 0 Å². The van der Waals surface area contributed by atoms with E-state index in [-0.39, 0.29) is 11.5 Å². The van der Waals surface area contributed by atoms with Crippen molar-refractivity contribution >= 4 is 5.78 Å². The minimum atomic E-state index is -0.193. The fourth-order valence-electron chi connectivity index (χ4n) is 1.63. The maximum absolute atomic E-state index is 11.7. The predicted octanol–water partition coefficient (Wildman–Crippen LogP) is 1.60. The number of rotatable bonds is 1. The smallest absolute Gasteiger partial charge is 0.155 e. The van der Waals surface area contributed by atoms with Crippen LogP contribution in [0.3, 0.4) is 0 Å². The molecule has 0 aliphatic carbocycles. The Morgan fingerprint density at radius 3 is 2.33 bits per heavy atom. The van der Waals surface area contributed by atoms with Crippen LogP contribution in [-0.4, -0.2) is 18.4 Å². The van der Waals surface area contributed by atoms with E-state index in [9.17, 15) is 4.79 Å². The van der Waals surface area contributed by atoms with E-state index >= 15 is 0 Å². The first-order valence-corrected chi connectivity index (χ1v) is 4.69. The van der Waals surface area contributed by atoms with Crippen molar-refractivity contribution in [1.82, 2.24) is 5.32 Å². The van der Waals surface area contributed by atoms with E-state index in [0.29, 0.717) is 11.7 Å². The van der Waals surface area contributed by atoms with Crippen molar-refractivity contribution in [3.63, 3.8) is 0 Å². The number of Topliss-reactive ketones (excluding diaryl/α,β-unsaturated/α-hetero) is 1. The van der Waals surface area contributed by atoms with Crippen molar-refractivity contribution in [2.24, 2.45) is 11.3 Å². The zero-order valence-corrected chi connectivity index (χ0v) is 8.48. The topological polar surface area (TPSA) is 29.1 Å². The van der Waals surface area contributed by atoms with Gasteiger partial charge in [-0.25, -0.2) is 0 Å². The molecule has 0 unspecified atom stereocenters. The van der Waals surface area contributed by atoms with Gasteiger partial charge >= 0.3 is 0 Å². The van der Waals surface area contributed by atoms with Crippen molar-refractivity contribution < 1.29 is 4.79 Å². The summed E-state index contributed by atoms with van der Waals surface area (Å²) in [5.41, 5.74) is -0.193. The molecule has 0 radical (unpaired) electrons. The van der Waals surface area contributed by atoms with Gasteiger partial charge < -0.3 is 5.32 Å². The molecule has 0 saturated carbocycles. The van der Waals surface area contributed by atoms with E-state index in [4.69, 9.17) is 0 Å². The quantitative estimate of drug-likeness (QED) is 0.646. The summed E-state index contributed by atoms with van der Waals surface area (Å²) in [4.78, 5) is 11.7. The van der Waals surface area contributed by atoms with Gasteiger partial charge in [-0.15, -0.1) is 0 Å². The van der Waals surface area contributed by atoms with Crippen molar-refractivity contribution in [2.45, 2.75) is 40.2 Å².